The summed E-state index contributed by atoms with van der Waals surface area (Å²) in [6.07, 6.45) is -1.28. The number of alkyl halides is 2. The van der Waals surface area contributed by atoms with Crippen LogP contribution in [-0.4, -0.2) is 66.3 Å². The summed E-state index contributed by atoms with van der Waals surface area (Å²) in [6.45, 7) is 1.61. The maximum Gasteiger partial charge on any atom is 0.276 e. The molecular formula is C24H26ClF3N6O2. The van der Waals surface area contributed by atoms with E-state index in [1.807, 2.05) is 11.9 Å². The number of carbonyl (C=O) groups is 1. The van der Waals surface area contributed by atoms with Crippen LogP contribution in [-0.2, 0) is 6.54 Å². The van der Waals surface area contributed by atoms with Gasteiger partial charge in [-0.3, -0.25) is 14.4 Å². The molecule has 36 heavy (non-hydrogen) atoms. The highest BCUT2D eigenvalue weighted by Gasteiger charge is 2.28. The molecule has 0 unspecified atom stereocenters. The zero-order valence-electron chi connectivity index (χ0n) is 19.5. The minimum absolute atomic E-state index is 0.00455. The van der Waals surface area contributed by atoms with E-state index in [9.17, 15) is 18.0 Å². The van der Waals surface area contributed by atoms with Gasteiger partial charge < -0.3 is 20.7 Å². The van der Waals surface area contributed by atoms with E-state index >= 15 is 0 Å². The number of nitrogens with one attached hydrogen (secondary N) is 1. The number of nitrogens with two attached hydrogens (primary N) is 1. The van der Waals surface area contributed by atoms with Gasteiger partial charge in [0.25, 0.3) is 12.3 Å². The summed E-state index contributed by atoms with van der Waals surface area (Å²) < 4.78 is 46.3. The number of hydrogen-bond acceptors (Lipinski definition) is 6. The van der Waals surface area contributed by atoms with Gasteiger partial charge in [-0.1, -0.05) is 23.7 Å². The molecule has 0 spiro atoms. The van der Waals surface area contributed by atoms with Crippen molar-refractivity contribution in [1.29, 1.82) is 0 Å². The molecule has 0 saturated carbocycles. The molecule has 0 bridgehead atoms. The van der Waals surface area contributed by atoms with Crippen LogP contribution in [0, 0.1) is 5.82 Å². The number of para-hydroxylation sites is 1. The number of ether oxygens (including phenoxy) is 1. The van der Waals surface area contributed by atoms with Crippen LogP contribution in [0.3, 0.4) is 0 Å². The highest BCUT2D eigenvalue weighted by atomic mass is 35.5. The molecule has 1 amide bonds. The molecule has 4 rings (SSSR count). The molecule has 2 aromatic carbocycles. The molecule has 0 radical (unpaired) electrons. The number of anilines is 2. The molecule has 1 aliphatic heterocycles. The monoisotopic (exact) mass is 522 g/mol. The van der Waals surface area contributed by atoms with Crippen LogP contribution >= 0.6 is 11.6 Å². The van der Waals surface area contributed by atoms with Crippen molar-refractivity contribution in [2.75, 3.05) is 43.4 Å². The first kappa shape index (κ1) is 25.8. The lowest BCUT2D eigenvalue weighted by molar-refractivity contribution is 0.101. The second-order valence-electron chi connectivity index (χ2n) is 8.39. The largest absolute Gasteiger partial charge is 0.453 e. The van der Waals surface area contributed by atoms with Crippen LogP contribution in [0.5, 0.6) is 11.5 Å². The van der Waals surface area contributed by atoms with Gasteiger partial charge in [0.05, 0.1) is 11.4 Å². The number of benzene rings is 2. The molecule has 1 aromatic heterocycles. The lowest BCUT2D eigenvalue weighted by Crippen LogP contribution is -2.54. The maximum atomic E-state index is 14.2. The van der Waals surface area contributed by atoms with Crippen LogP contribution in [0.2, 0.25) is 5.02 Å². The first-order valence-corrected chi connectivity index (χ1v) is 11.7. The van der Waals surface area contributed by atoms with Crippen molar-refractivity contribution in [2.45, 2.75) is 19.0 Å². The van der Waals surface area contributed by atoms with Crippen molar-refractivity contribution in [2.24, 2.45) is 5.73 Å². The van der Waals surface area contributed by atoms with Gasteiger partial charge in [0.1, 0.15) is 17.3 Å². The molecule has 192 valence electrons. The van der Waals surface area contributed by atoms with Crippen LogP contribution in [0.4, 0.5) is 24.5 Å². The number of hydrogen-bond donors (Lipinski definition) is 2. The molecule has 3 N–H and O–H groups in total. The summed E-state index contributed by atoms with van der Waals surface area (Å²) >= 11 is 6.78. The summed E-state index contributed by atoms with van der Waals surface area (Å²) in [5, 5.41) is 6.87. The Kier molecular flexibility index (Phi) is 8.02. The Balaban J connectivity index is 1.67. The molecule has 12 heteroatoms. The molecule has 2 heterocycles. The van der Waals surface area contributed by atoms with Crippen molar-refractivity contribution in [1.82, 2.24) is 14.7 Å². The van der Waals surface area contributed by atoms with E-state index in [4.69, 9.17) is 22.1 Å². The molecule has 1 saturated heterocycles. The Hall–Kier alpha value is -3.28. The van der Waals surface area contributed by atoms with Crippen molar-refractivity contribution >= 4 is 28.9 Å². The smallest absolute Gasteiger partial charge is 0.276 e. The van der Waals surface area contributed by atoms with Gasteiger partial charge in [-0.25, -0.2) is 13.2 Å². The van der Waals surface area contributed by atoms with Gasteiger partial charge in [-0.2, -0.15) is 5.10 Å². The van der Waals surface area contributed by atoms with Crippen molar-refractivity contribution in [3.63, 3.8) is 0 Å². The zero-order valence-corrected chi connectivity index (χ0v) is 20.3. The van der Waals surface area contributed by atoms with Crippen LogP contribution in [0.15, 0.2) is 48.7 Å². The number of amides is 1. The van der Waals surface area contributed by atoms with Crippen LogP contribution in [0.25, 0.3) is 0 Å². The Morgan fingerprint density at radius 3 is 2.72 bits per heavy atom. The predicted octanol–water partition coefficient (Wildman–Crippen LogP) is 4.06. The molecule has 8 nitrogen and oxygen atoms in total. The predicted molar refractivity (Wildman–Crippen MR) is 132 cm³/mol. The third kappa shape index (κ3) is 5.75. The Labute approximate surface area is 211 Å². The lowest BCUT2D eigenvalue weighted by Gasteiger charge is -2.41. The summed E-state index contributed by atoms with van der Waals surface area (Å²) in [5.41, 5.74) is 6.78. The average Bonchev–Trinajstić information content (AvgIpc) is 3.31. The SMILES string of the molecule is CN1CCN(c2c(NC(=O)c3ccn(CC(F)F)n3)ccc(Oc3ccccc3F)c2Cl)C[C@@H]1CN. The number of likely N-dealkylation sites (N-methyl/N-ethyl adjacent to an activating group) is 1. The van der Waals surface area contributed by atoms with Gasteiger partial charge in [-0.05, 0) is 37.4 Å². The average molecular weight is 523 g/mol. The molecule has 1 fully saturated rings. The van der Waals surface area contributed by atoms with Gasteiger partial charge in [0, 0.05) is 38.4 Å². The number of rotatable bonds is 8. The highest BCUT2D eigenvalue weighted by Crippen LogP contribution is 2.43. The van der Waals surface area contributed by atoms with E-state index in [1.54, 1.807) is 18.2 Å². The highest BCUT2D eigenvalue weighted by molar-refractivity contribution is 6.35. The van der Waals surface area contributed by atoms with E-state index in [0.717, 1.165) is 4.68 Å². The third-order valence-corrected chi connectivity index (χ3v) is 6.31. The first-order valence-electron chi connectivity index (χ1n) is 11.3. The van der Waals surface area contributed by atoms with Crippen molar-refractivity contribution in [3.8, 4) is 11.5 Å². The third-order valence-electron chi connectivity index (χ3n) is 5.95. The van der Waals surface area contributed by atoms with E-state index in [1.165, 1.54) is 30.5 Å². The van der Waals surface area contributed by atoms with Crippen LogP contribution in [0.1, 0.15) is 10.5 Å². The minimum Gasteiger partial charge on any atom is -0.453 e. The number of carbonyl (C=O) groups excluding carboxylic acids is 1. The number of nitrogens with zero attached hydrogens (tertiary/aromatic N) is 4. The molecule has 0 aliphatic carbocycles. The summed E-state index contributed by atoms with van der Waals surface area (Å²) in [7, 11) is 1.98. The molecule has 1 aliphatic rings. The topological polar surface area (TPSA) is 88.6 Å². The summed E-state index contributed by atoms with van der Waals surface area (Å²) in [5.74, 6) is -0.925. The number of aromatic nitrogens is 2. The molecule has 1 atom stereocenters. The van der Waals surface area contributed by atoms with Gasteiger partial charge >= 0.3 is 0 Å². The second-order valence-corrected chi connectivity index (χ2v) is 8.77. The van der Waals surface area contributed by atoms with E-state index in [0.29, 0.717) is 37.6 Å². The fraction of sp³-hybridized carbons (Fsp3) is 0.333. The molecular weight excluding hydrogens is 497 g/mol. The summed E-state index contributed by atoms with van der Waals surface area (Å²) in [6, 6.07) is 10.5. The fourth-order valence-corrected chi connectivity index (χ4v) is 4.32. The minimum atomic E-state index is -2.60. The van der Waals surface area contributed by atoms with Gasteiger partial charge in [-0.15, -0.1) is 0 Å². The molecule has 3 aromatic rings. The summed E-state index contributed by atoms with van der Waals surface area (Å²) in [4.78, 5) is 17.0. The number of halogens is 4. The van der Waals surface area contributed by atoms with Crippen molar-refractivity contribution in [3.05, 3.63) is 65.2 Å². The fourth-order valence-electron chi connectivity index (χ4n) is 4.00. The van der Waals surface area contributed by atoms with Crippen LogP contribution < -0.4 is 20.7 Å². The normalized spacial score (nSPS) is 16.4. The van der Waals surface area contributed by atoms with Gasteiger partial charge in [0.15, 0.2) is 17.3 Å². The zero-order chi connectivity index (χ0) is 25.8. The van der Waals surface area contributed by atoms with E-state index in [-0.39, 0.29) is 28.3 Å². The Bertz CT molecular complexity index is 1220. The standard InChI is InChI=1S/C24H26ClF3N6O2/c1-32-10-11-33(13-15(32)12-29)23-17(30-24(35)18-8-9-34(31-18)14-21(27)28)6-7-20(22(23)25)36-19-5-3-2-4-16(19)26/h2-9,15,21H,10-14,29H2,1H3,(H,30,35)/t15-/m0/s1. The maximum absolute atomic E-state index is 14.2. The van der Waals surface area contributed by atoms with Crippen molar-refractivity contribution < 1.29 is 22.7 Å². The van der Waals surface area contributed by atoms with E-state index in [2.05, 4.69) is 15.3 Å². The van der Waals surface area contributed by atoms with E-state index < -0.39 is 24.7 Å². The second kappa shape index (κ2) is 11.2. The van der Waals surface area contributed by atoms with Gasteiger partial charge in [0.2, 0.25) is 0 Å². The Morgan fingerprint density at radius 1 is 1.22 bits per heavy atom. The lowest BCUT2D eigenvalue weighted by atomic mass is 10.1. The number of piperazine rings is 1. The first-order chi connectivity index (χ1) is 17.3. The Morgan fingerprint density at radius 2 is 2.00 bits per heavy atom. The quantitative estimate of drug-likeness (QED) is 0.464.